The molecule has 0 saturated carbocycles. The molecule has 0 aliphatic rings. The Kier molecular flexibility index (Phi) is 2.51. The molecule has 1 aromatic carbocycles. The number of terminal acetylenes is 1. The van der Waals surface area contributed by atoms with Gasteiger partial charge in [0, 0.05) is 17.0 Å². The summed E-state index contributed by atoms with van der Waals surface area (Å²) in [5.41, 5.74) is 2.50. The SMILES string of the molecule is C#CCOc1nc2c(nc3ccccn32)c2ccccc12. The summed E-state index contributed by atoms with van der Waals surface area (Å²) >= 11 is 0. The minimum Gasteiger partial charge on any atom is -0.464 e. The molecule has 0 fully saturated rings. The molecule has 4 aromatic rings. The molecule has 3 heterocycles. The molecule has 0 aliphatic heterocycles. The molecule has 0 aliphatic carbocycles. The Morgan fingerprint density at radius 2 is 1.86 bits per heavy atom. The van der Waals surface area contributed by atoms with E-state index in [9.17, 15) is 0 Å². The third kappa shape index (κ3) is 1.72. The van der Waals surface area contributed by atoms with Crippen molar-refractivity contribution >= 4 is 27.6 Å². The van der Waals surface area contributed by atoms with Crippen LogP contribution >= 0.6 is 0 Å². The molecule has 21 heavy (non-hydrogen) atoms. The quantitative estimate of drug-likeness (QED) is 0.527. The van der Waals surface area contributed by atoms with Crippen molar-refractivity contribution in [3.63, 3.8) is 0 Å². The fourth-order valence-electron chi connectivity index (χ4n) is 2.52. The van der Waals surface area contributed by atoms with Crippen LogP contribution in [0.3, 0.4) is 0 Å². The van der Waals surface area contributed by atoms with E-state index in [0.717, 1.165) is 27.6 Å². The molecule has 4 heteroatoms. The zero-order valence-corrected chi connectivity index (χ0v) is 11.2. The monoisotopic (exact) mass is 273 g/mol. The first-order valence-electron chi connectivity index (χ1n) is 6.60. The molecular weight excluding hydrogens is 262 g/mol. The lowest BCUT2D eigenvalue weighted by atomic mass is 10.1. The maximum atomic E-state index is 5.61. The summed E-state index contributed by atoms with van der Waals surface area (Å²) in [6.45, 7) is 0.194. The first-order chi connectivity index (χ1) is 10.4. The van der Waals surface area contributed by atoms with Gasteiger partial charge in [-0.3, -0.25) is 4.40 Å². The Hall–Kier alpha value is -3.06. The third-order valence-corrected chi connectivity index (χ3v) is 3.42. The number of ether oxygens (including phenoxy) is 1. The fourth-order valence-corrected chi connectivity index (χ4v) is 2.52. The van der Waals surface area contributed by atoms with E-state index in [2.05, 4.69) is 15.9 Å². The largest absolute Gasteiger partial charge is 0.464 e. The van der Waals surface area contributed by atoms with E-state index in [-0.39, 0.29) is 6.61 Å². The highest BCUT2D eigenvalue weighted by atomic mass is 16.5. The molecule has 0 saturated heterocycles. The fraction of sp³-hybridized carbons (Fsp3) is 0.0588. The molecular formula is C17H11N3O. The van der Waals surface area contributed by atoms with Gasteiger partial charge in [-0.2, -0.15) is 4.98 Å². The molecule has 0 spiro atoms. The van der Waals surface area contributed by atoms with Crippen molar-refractivity contribution in [1.29, 1.82) is 0 Å². The van der Waals surface area contributed by atoms with E-state index < -0.39 is 0 Å². The summed E-state index contributed by atoms with van der Waals surface area (Å²) in [7, 11) is 0. The van der Waals surface area contributed by atoms with Gasteiger partial charge in [0.15, 0.2) is 12.3 Å². The van der Waals surface area contributed by atoms with Crippen LogP contribution in [0.25, 0.3) is 27.6 Å². The van der Waals surface area contributed by atoms with Gasteiger partial charge in [-0.25, -0.2) is 4.98 Å². The van der Waals surface area contributed by atoms with Gasteiger partial charge >= 0.3 is 0 Å². The van der Waals surface area contributed by atoms with Crippen molar-refractivity contribution in [3.8, 4) is 18.2 Å². The molecule has 0 radical (unpaired) electrons. The van der Waals surface area contributed by atoms with E-state index in [0.29, 0.717) is 5.88 Å². The molecule has 4 nitrogen and oxygen atoms in total. The van der Waals surface area contributed by atoms with E-state index in [1.165, 1.54) is 0 Å². The number of rotatable bonds is 2. The minimum atomic E-state index is 0.194. The molecule has 0 unspecified atom stereocenters. The van der Waals surface area contributed by atoms with Crippen LogP contribution in [0.5, 0.6) is 5.88 Å². The summed E-state index contributed by atoms with van der Waals surface area (Å²) < 4.78 is 7.56. The summed E-state index contributed by atoms with van der Waals surface area (Å²) in [5, 5.41) is 1.93. The standard InChI is InChI=1S/C17H11N3O/c1-2-11-21-17-13-8-4-3-7-12(13)15-16(19-17)20-10-6-5-9-14(20)18-15/h1,3-10H,11H2. The number of fused-ring (bicyclic) bond motifs is 5. The van der Waals surface area contributed by atoms with E-state index in [1.54, 1.807) is 0 Å². The van der Waals surface area contributed by atoms with Gasteiger partial charge in [-0.1, -0.05) is 30.2 Å². The second-order valence-corrected chi connectivity index (χ2v) is 4.67. The van der Waals surface area contributed by atoms with Crippen molar-refractivity contribution in [2.45, 2.75) is 0 Å². The van der Waals surface area contributed by atoms with Gasteiger partial charge in [-0.15, -0.1) is 6.42 Å². The van der Waals surface area contributed by atoms with E-state index in [4.69, 9.17) is 11.2 Å². The van der Waals surface area contributed by atoms with Crippen LogP contribution in [0.4, 0.5) is 0 Å². The van der Waals surface area contributed by atoms with Crippen molar-refractivity contribution in [2.24, 2.45) is 0 Å². The maximum Gasteiger partial charge on any atom is 0.224 e. The molecule has 0 amide bonds. The van der Waals surface area contributed by atoms with Gasteiger partial charge in [0.25, 0.3) is 0 Å². The minimum absolute atomic E-state index is 0.194. The zero-order chi connectivity index (χ0) is 14.2. The van der Waals surface area contributed by atoms with Gasteiger partial charge in [0.05, 0.1) is 0 Å². The summed E-state index contributed by atoms with van der Waals surface area (Å²) in [4.78, 5) is 9.28. The Morgan fingerprint density at radius 1 is 1.05 bits per heavy atom. The third-order valence-electron chi connectivity index (χ3n) is 3.42. The highest BCUT2D eigenvalue weighted by Crippen LogP contribution is 2.30. The van der Waals surface area contributed by atoms with Gasteiger partial charge in [0.2, 0.25) is 5.88 Å². The average Bonchev–Trinajstić information content (AvgIpc) is 2.91. The van der Waals surface area contributed by atoms with E-state index in [1.807, 2.05) is 53.1 Å². The second kappa shape index (κ2) is 4.50. The predicted molar refractivity (Wildman–Crippen MR) is 82.3 cm³/mol. The van der Waals surface area contributed by atoms with Crippen LogP contribution in [0.1, 0.15) is 0 Å². The second-order valence-electron chi connectivity index (χ2n) is 4.67. The first kappa shape index (κ1) is 11.7. The maximum absolute atomic E-state index is 5.61. The van der Waals surface area contributed by atoms with Crippen molar-refractivity contribution in [1.82, 2.24) is 14.4 Å². The first-order valence-corrected chi connectivity index (χ1v) is 6.60. The number of nitrogens with zero attached hydrogens (tertiary/aromatic N) is 3. The normalized spacial score (nSPS) is 11.0. The van der Waals surface area contributed by atoms with Crippen LogP contribution in [0.2, 0.25) is 0 Å². The zero-order valence-electron chi connectivity index (χ0n) is 11.2. The summed E-state index contributed by atoms with van der Waals surface area (Å²) in [5.74, 6) is 3.02. The number of pyridine rings is 2. The topological polar surface area (TPSA) is 39.4 Å². The predicted octanol–water partition coefficient (Wildman–Crippen LogP) is 3.05. The van der Waals surface area contributed by atoms with Crippen molar-refractivity contribution in [2.75, 3.05) is 6.61 Å². The van der Waals surface area contributed by atoms with Crippen molar-refractivity contribution in [3.05, 3.63) is 48.7 Å². The number of hydrogen-bond acceptors (Lipinski definition) is 3. The van der Waals surface area contributed by atoms with Crippen LogP contribution in [0, 0.1) is 12.3 Å². The lowest BCUT2D eigenvalue weighted by molar-refractivity contribution is 0.361. The van der Waals surface area contributed by atoms with Crippen molar-refractivity contribution < 1.29 is 4.74 Å². The summed E-state index contributed by atoms with van der Waals surface area (Å²) in [6, 6.07) is 13.8. The number of benzene rings is 1. The lowest BCUT2D eigenvalue weighted by Crippen LogP contribution is -1.98. The Bertz CT molecular complexity index is 1010. The Balaban J connectivity index is 2.16. The van der Waals surface area contributed by atoms with Crippen LogP contribution in [0.15, 0.2) is 48.7 Å². The van der Waals surface area contributed by atoms with Gasteiger partial charge in [-0.05, 0) is 18.2 Å². The molecule has 0 bridgehead atoms. The molecule has 3 aromatic heterocycles. The number of aromatic nitrogens is 3. The average molecular weight is 273 g/mol. The molecule has 0 atom stereocenters. The summed E-state index contributed by atoms with van der Waals surface area (Å²) in [6.07, 6.45) is 7.23. The molecule has 100 valence electrons. The van der Waals surface area contributed by atoms with E-state index >= 15 is 0 Å². The highest BCUT2D eigenvalue weighted by molar-refractivity contribution is 6.06. The van der Waals surface area contributed by atoms with Crippen LogP contribution < -0.4 is 4.74 Å². The van der Waals surface area contributed by atoms with Gasteiger partial charge in [0.1, 0.15) is 11.2 Å². The molecule has 0 N–H and O–H groups in total. The Labute approximate surface area is 121 Å². The smallest absolute Gasteiger partial charge is 0.224 e. The number of imidazole rings is 1. The number of hydrogen-bond donors (Lipinski definition) is 0. The highest BCUT2D eigenvalue weighted by Gasteiger charge is 2.13. The van der Waals surface area contributed by atoms with Crippen LogP contribution in [-0.4, -0.2) is 21.0 Å². The van der Waals surface area contributed by atoms with Crippen LogP contribution in [-0.2, 0) is 0 Å². The lowest BCUT2D eigenvalue weighted by Gasteiger charge is -2.06. The Morgan fingerprint density at radius 3 is 2.71 bits per heavy atom. The molecule has 4 rings (SSSR count). The van der Waals surface area contributed by atoms with Gasteiger partial charge < -0.3 is 4.74 Å².